The van der Waals surface area contributed by atoms with Crippen LogP contribution in [-0.4, -0.2) is 50.1 Å². The minimum Gasteiger partial charge on any atom is -0.393 e. The molecule has 0 aliphatic carbocycles. The van der Waals surface area contributed by atoms with Gasteiger partial charge in [-0.3, -0.25) is 9.10 Å². The van der Waals surface area contributed by atoms with E-state index in [1.54, 1.807) is 53.4 Å². The van der Waals surface area contributed by atoms with E-state index in [2.05, 4.69) is 0 Å². The summed E-state index contributed by atoms with van der Waals surface area (Å²) in [5, 5.41) is 9.60. The molecule has 0 aromatic heterocycles. The van der Waals surface area contributed by atoms with Gasteiger partial charge in [0.2, 0.25) is 5.91 Å². The lowest BCUT2D eigenvalue weighted by atomic mass is 10.1. The van der Waals surface area contributed by atoms with Crippen molar-refractivity contribution >= 4 is 21.6 Å². The van der Waals surface area contributed by atoms with Gasteiger partial charge in [0.1, 0.15) is 0 Å². The second-order valence-corrected chi connectivity index (χ2v) is 8.95. The molecule has 1 N–H and O–H groups in total. The summed E-state index contributed by atoms with van der Waals surface area (Å²) in [6.07, 6.45) is 0.869. The van der Waals surface area contributed by atoms with E-state index in [-0.39, 0.29) is 29.9 Å². The molecule has 1 fully saturated rings. The highest BCUT2D eigenvalue weighted by atomic mass is 32.2. The molecule has 0 saturated carbocycles. The molecule has 0 atom stereocenters. The van der Waals surface area contributed by atoms with Crippen molar-refractivity contribution in [1.29, 1.82) is 0 Å². The molecular weight excluding hydrogens is 376 g/mol. The highest BCUT2D eigenvalue weighted by molar-refractivity contribution is 7.92. The van der Waals surface area contributed by atoms with Crippen LogP contribution in [0.15, 0.2) is 59.5 Å². The molecule has 2 aromatic rings. The van der Waals surface area contributed by atoms with Gasteiger partial charge in [-0.2, -0.15) is 0 Å². The molecule has 1 saturated heterocycles. The first-order valence-electron chi connectivity index (χ1n) is 9.48. The van der Waals surface area contributed by atoms with E-state index in [1.165, 1.54) is 4.31 Å². The maximum absolute atomic E-state index is 13.2. The average molecular weight is 403 g/mol. The third kappa shape index (κ3) is 4.72. The summed E-state index contributed by atoms with van der Waals surface area (Å²) in [6, 6.07) is 15.6. The van der Waals surface area contributed by atoms with Crippen molar-refractivity contribution in [2.75, 3.05) is 23.9 Å². The van der Waals surface area contributed by atoms with E-state index in [0.29, 0.717) is 31.6 Å². The second kappa shape index (κ2) is 8.75. The Bertz CT molecular complexity index is 890. The Kier molecular flexibility index (Phi) is 6.36. The van der Waals surface area contributed by atoms with Crippen molar-refractivity contribution < 1.29 is 18.3 Å². The number of aryl methyl sites for hydroxylation is 1. The molecule has 1 aliphatic rings. The molecule has 150 valence electrons. The van der Waals surface area contributed by atoms with Gasteiger partial charge in [0.25, 0.3) is 10.0 Å². The van der Waals surface area contributed by atoms with Crippen LogP contribution in [0.3, 0.4) is 0 Å². The van der Waals surface area contributed by atoms with Gasteiger partial charge >= 0.3 is 0 Å². The second-order valence-electron chi connectivity index (χ2n) is 7.09. The zero-order chi connectivity index (χ0) is 20.1. The number of anilines is 1. The standard InChI is InChI=1S/C21H26N2O4S/c1-17-7-9-20(10-8-17)28(26,27)23(18-5-3-2-4-6-18)16-13-21(25)22-14-11-19(24)12-15-22/h2-10,19,24H,11-16H2,1H3. The Morgan fingerprint density at radius 2 is 1.68 bits per heavy atom. The third-order valence-electron chi connectivity index (χ3n) is 5.00. The SMILES string of the molecule is Cc1ccc(S(=O)(=O)N(CCC(=O)N2CCC(O)CC2)c2ccccc2)cc1. The van der Waals surface area contributed by atoms with Gasteiger partial charge in [-0.1, -0.05) is 35.9 Å². The minimum atomic E-state index is -3.78. The smallest absolute Gasteiger partial charge is 0.264 e. The van der Waals surface area contributed by atoms with E-state index in [9.17, 15) is 18.3 Å². The largest absolute Gasteiger partial charge is 0.393 e. The third-order valence-corrected chi connectivity index (χ3v) is 6.84. The number of sulfonamides is 1. The van der Waals surface area contributed by atoms with Crippen molar-refractivity contribution in [2.24, 2.45) is 0 Å². The normalized spacial score (nSPS) is 15.4. The Labute approximate surface area is 166 Å². The Hall–Kier alpha value is -2.38. The number of para-hydroxylation sites is 1. The van der Waals surface area contributed by atoms with Crippen LogP contribution in [0.4, 0.5) is 5.69 Å². The van der Waals surface area contributed by atoms with Crippen molar-refractivity contribution in [3.63, 3.8) is 0 Å². The molecule has 1 aliphatic heterocycles. The number of aliphatic hydroxyl groups excluding tert-OH is 1. The molecule has 7 heteroatoms. The quantitative estimate of drug-likeness (QED) is 0.806. The lowest BCUT2D eigenvalue weighted by Crippen LogP contribution is -2.42. The number of hydrogen-bond donors (Lipinski definition) is 1. The number of hydrogen-bond acceptors (Lipinski definition) is 4. The summed E-state index contributed by atoms with van der Waals surface area (Å²) in [5.74, 6) is -0.0908. The maximum Gasteiger partial charge on any atom is 0.264 e. The fourth-order valence-corrected chi connectivity index (χ4v) is 4.76. The highest BCUT2D eigenvalue weighted by Gasteiger charge is 2.27. The van der Waals surface area contributed by atoms with Gasteiger partial charge in [-0.25, -0.2) is 8.42 Å². The summed E-state index contributed by atoms with van der Waals surface area (Å²) in [7, 11) is -3.78. The fourth-order valence-electron chi connectivity index (χ4n) is 3.29. The van der Waals surface area contributed by atoms with Crippen LogP contribution in [0, 0.1) is 6.92 Å². The van der Waals surface area contributed by atoms with Crippen LogP contribution in [-0.2, 0) is 14.8 Å². The molecule has 28 heavy (non-hydrogen) atoms. The van der Waals surface area contributed by atoms with E-state index in [0.717, 1.165) is 5.56 Å². The number of rotatable bonds is 6. The van der Waals surface area contributed by atoms with Crippen molar-refractivity contribution in [1.82, 2.24) is 4.90 Å². The molecule has 2 aromatic carbocycles. The van der Waals surface area contributed by atoms with Gasteiger partial charge in [0.15, 0.2) is 0 Å². The molecule has 0 spiro atoms. The number of piperidine rings is 1. The zero-order valence-corrected chi connectivity index (χ0v) is 16.8. The fraction of sp³-hybridized carbons (Fsp3) is 0.381. The Morgan fingerprint density at radius 1 is 1.07 bits per heavy atom. The number of nitrogens with zero attached hydrogens (tertiary/aromatic N) is 2. The van der Waals surface area contributed by atoms with E-state index in [1.807, 2.05) is 13.0 Å². The number of aliphatic hydroxyl groups is 1. The lowest BCUT2D eigenvalue weighted by Gasteiger charge is -2.31. The molecular formula is C21H26N2O4S. The van der Waals surface area contributed by atoms with Crippen molar-refractivity contribution in [3.05, 3.63) is 60.2 Å². The number of amides is 1. The first kappa shape index (κ1) is 20.4. The number of likely N-dealkylation sites (tertiary alicyclic amines) is 1. The van der Waals surface area contributed by atoms with Crippen LogP contribution in [0.2, 0.25) is 0 Å². The highest BCUT2D eigenvalue weighted by Crippen LogP contribution is 2.24. The average Bonchev–Trinajstić information content (AvgIpc) is 2.69. The van der Waals surface area contributed by atoms with Gasteiger partial charge in [0, 0.05) is 26.1 Å². The monoisotopic (exact) mass is 402 g/mol. The molecule has 0 unspecified atom stereocenters. The van der Waals surface area contributed by atoms with Crippen molar-refractivity contribution in [2.45, 2.75) is 37.2 Å². The lowest BCUT2D eigenvalue weighted by molar-refractivity contribution is -0.132. The molecule has 1 amide bonds. The van der Waals surface area contributed by atoms with Crippen LogP contribution < -0.4 is 4.31 Å². The topological polar surface area (TPSA) is 77.9 Å². The molecule has 0 bridgehead atoms. The maximum atomic E-state index is 13.2. The summed E-state index contributed by atoms with van der Waals surface area (Å²) in [6.45, 7) is 2.99. The molecule has 3 rings (SSSR count). The van der Waals surface area contributed by atoms with E-state index >= 15 is 0 Å². The van der Waals surface area contributed by atoms with Crippen LogP contribution >= 0.6 is 0 Å². The molecule has 6 nitrogen and oxygen atoms in total. The van der Waals surface area contributed by atoms with E-state index < -0.39 is 10.0 Å². The van der Waals surface area contributed by atoms with Gasteiger partial charge in [-0.05, 0) is 44.0 Å². The Morgan fingerprint density at radius 3 is 2.29 bits per heavy atom. The van der Waals surface area contributed by atoms with Crippen LogP contribution in [0.5, 0.6) is 0 Å². The predicted molar refractivity (Wildman–Crippen MR) is 109 cm³/mol. The predicted octanol–water partition coefficient (Wildman–Crippen LogP) is 2.56. The summed E-state index contributed by atoms with van der Waals surface area (Å²) in [5.41, 5.74) is 1.51. The number of benzene rings is 2. The minimum absolute atomic E-state index is 0.0676. The first-order valence-corrected chi connectivity index (χ1v) is 10.9. The first-order chi connectivity index (χ1) is 13.4. The van der Waals surface area contributed by atoms with Crippen LogP contribution in [0.1, 0.15) is 24.8 Å². The van der Waals surface area contributed by atoms with Gasteiger partial charge in [0.05, 0.1) is 16.7 Å². The van der Waals surface area contributed by atoms with Crippen molar-refractivity contribution in [3.8, 4) is 0 Å². The summed E-state index contributed by atoms with van der Waals surface area (Å²) >= 11 is 0. The van der Waals surface area contributed by atoms with Gasteiger partial charge < -0.3 is 10.0 Å². The molecule has 1 heterocycles. The summed E-state index contributed by atoms with van der Waals surface area (Å²) in [4.78, 5) is 14.5. The van der Waals surface area contributed by atoms with E-state index in [4.69, 9.17) is 0 Å². The number of carbonyl (C=O) groups excluding carboxylic acids is 1. The number of carbonyl (C=O) groups is 1. The zero-order valence-electron chi connectivity index (χ0n) is 16.0. The van der Waals surface area contributed by atoms with Gasteiger partial charge in [-0.15, -0.1) is 0 Å². The van der Waals surface area contributed by atoms with Crippen LogP contribution in [0.25, 0.3) is 0 Å². The molecule has 0 radical (unpaired) electrons. The Balaban J connectivity index is 1.80. The summed E-state index contributed by atoms with van der Waals surface area (Å²) < 4.78 is 27.8.